The van der Waals surface area contributed by atoms with Crippen LogP contribution in [0.25, 0.3) is 0 Å². The molecular formula is C13H19ClN2O2. The van der Waals surface area contributed by atoms with Crippen molar-refractivity contribution < 1.29 is 4.79 Å². The summed E-state index contributed by atoms with van der Waals surface area (Å²) in [5, 5.41) is 2.88. The minimum Gasteiger partial charge on any atom is -0.364 e. The maximum absolute atomic E-state index is 12.1. The molecule has 100 valence electrons. The summed E-state index contributed by atoms with van der Waals surface area (Å²) in [6, 6.07) is 1.42. The molecule has 1 atom stereocenters. The number of hydrogen-bond acceptors (Lipinski definition) is 2. The number of alkyl halides is 1. The van der Waals surface area contributed by atoms with Gasteiger partial charge in [0, 0.05) is 29.4 Å². The van der Waals surface area contributed by atoms with Crippen LogP contribution in [0, 0.1) is 6.92 Å². The third kappa shape index (κ3) is 3.60. The first-order chi connectivity index (χ1) is 8.41. The Morgan fingerprint density at radius 1 is 1.56 bits per heavy atom. The highest BCUT2D eigenvalue weighted by Gasteiger charge is 2.25. The molecule has 0 saturated carbocycles. The zero-order valence-corrected chi connectivity index (χ0v) is 11.7. The van der Waals surface area contributed by atoms with Crippen LogP contribution in [0.4, 0.5) is 0 Å². The summed E-state index contributed by atoms with van der Waals surface area (Å²) in [6.45, 7) is 5.68. The smallest absolute Gasteiger partial charge is 0.257 e. The van der Waals surface area contributed by atoms with Crippen LogP contribution in [0.5, 0.6) is 0 Å². The number of nitrogens with one attached hydrogen (secondary N) is 2. The Kier molecular flexibility index (Phi) is 4.96. The summed E-state index contributed by atoms with van der Waals surface area (Å²) in [4.78, 5) is 26.6. The average molecular weight is 271 g/mol. The molecule has 0 aliphatic rings. The quantitative estimate of drug-likeness (QED) is 0.806. The van der Waals surface area contributed by atoms with Gasteiger partial charge in [-0.1, -0.05) is 6.92 Å². The Bertz CT molecular complexity index is 484. The normalized spacial score (nSPS) is 14.0. The SMILES string of the molecule is CCC(C)(CCCl)NC(=O)c1c[nH]c(C)cc1=O. The van der Waals surface area contributed by atoms with Gasteiger partial charge in [-0.3, -0.25) is 9.59 Å². The summed E-state index contributed by atoms with van der Waals surface area (Å²) in [7, 11) is 0. The molecule has 1 rings (SSSR count). The van der Waals surface area contributed by atoms with Crippen molar-refractivity contribution in [2.24, 2.45) is 0 Å². The van der Waals surface area contributed by atoms with E-state index in [-0.39, 0.29) is 22.4 Å². The van der Waals surface area contributed by atoms with E-state index in [0.29, 0.717) is 12.3 Å². The lowest BCUT2D eigenvalue weighted by Gasteiger charge is -2.28. The van der Waals surface area contributed by atoms with Gasteiger partial charge >= 0.3 is 0 Å². The lowest BCUT2D eigenvalue weighted by molar-refractivity contribution is 0.0900. The molecule has 1 heterocycles. The molecule has 0 aromatic carbocycles. The van der Waals surface area contributed by atoms with E-state index >= 15 is 0 Å². The molecule has 1 unspecified atom stereocenters. The highest BCUT2D eigenvalue weighted by Crippen LogP contribution is 2.15. The second-order valence-corrected chi connectivity index (χ2v) is 5.08. The first kappa shape index (κ1) is 14.8. The number of rotatable bonds is 5. The first-order valence-electron chi connectivity index (χ1n) is 5.99. The van der Waals surface area contributed by atoms with Crippen LogP contribution in [-0.2, 0) is 0 Å². The third-order valence-corrected chi connectivity index (χ3v) is 3.33. The Hall–Kier alpha value is -1.29. The molecular weight excluding hydrogens is 252 g/mol. The van der Waals surface area contributed by atoms with E-state index in [1.165, 1.54) is 12.3 Å². The molecule has 5 heteroatoms. The van der Waals surface area contributed by atoms with Crippen molar-refractivity contribution in [3.63, 3.8) is 0 Å². The largest absolute Gasteiger partial charge is 0.364 e. The number of aryl methyl sites for hydroxylation is 1. The van der Waals surface area contributed by atoms with Crippen LogP contribution < -0.4 is 10.7 Å². The minimum atomic E-state index is -0.379. The number of aromatic amines is 1. The maximum Gasteiger partial charge on any atom is 0.257 e. The second kappa shape index (κ2) is 6.05. The van der Waals surface area contributed by atoms with Gasteiger partial charge in [0.25, 0.3) is 5.91 Å². The number of aromatic nitrogens is 1. The predicted octanol–water partition coefficient (Wildman–Crippen LogP) is 2.21. The fraction of sp³-hybridized carbons (Fsp3) is 0.538. The van der Waals surface area contributed by atoms with Gasteiger partial charge in [-0.25, -0.2) is 0 Å². The molecule has 1 aromatic heterocycles. The van der Waals surface area contributed by atoms with Gasteiger partial charge in [-0.15, -0.1) is 11.6 Å². The minimum absolute atomic E-state index is 0.134. The molecule has 0 radical (unpaired) electrons. The molecule has 4 nitrogen and oxygen atoms in total. The third-order valence-electron chi connectivity index (χ3n) is 3.14. The fourth-order valence-electron chi connectivity index (χ4n) is 1.63. The molecule has 18 heavy (non-hydrogen) atoms. The number of carbonyl (C=O) groups is 1. The summed E-state index contributed by atoms with van der Waals surface area (Å²) in [5.41, 5.74) is 0.217. The van der Waals surface area contributed by atoms with Crippen LogP contribution in [-0.4, -0.2) is 22.3 Å². The molecule has 0 aliphatic heterocycles. The number of halogens is 1. The Balaban J connectivity index is 2.91. The van der Waals surface area contributed by atoms with Gasteiger partial charge in [0.05, 0.1) is 0 Å². The molecule has 0 spiro atoms. The van der Waals surface area contributed by atoms with E-state index in [2.05, 4.69) is 10.3 Å². The average Bonchev–Trinajstić information content (AvgIpc) is 2.28. The van der Waals surface area contributed by atoms with Crippen molar-refractivity contribution in [3.05, 3.63) is 33.7 Å². The molecule has 0 bridgehead atoms. The first-order valence-corrected chi connectivity index (χ1v) is 6.53. The molecule has 2 N–H and O–H groups in total. The summed E-state index contributed by atoms with van der Waals surface area (Å²) in [6.07, 6.45) is 2.87. The summed E-state index contributed by atoms with van der Waals surface area (Å²) in [5.74, 6) is 0.111. The predicted molar refractivity (Wildman–Crippen MR) is 73.3 cm³/mol. The zero-order chi connectivity index (χ0) is 13.8. The van der Waals surface area contributed by atoms with Crippen LogP contribution >= 0.6 is 11.6 Å². The standard InChI is InChI=1S/C13H19ClN2O2/c1-4-13(3,5-6-14)16-12(18)10-8-15-9(2)7-11(10)17/h7-8H,4-6H2,1-3H3,(H,15,17)(H,16,18). The van der Waals surface area contributed by atoms with E-state index in [4.69, 9.17) is 11.6 Å². The second-order valence-electron chi connectivity index (χ2n) is 4.70. The van der Waals surface area contributed by atoms with Gasteiger partial charge in [0.1, 0.15) is 5.56 Å². The topological polar surface area (TPSA) is 62.0 Å². The summed E-state index contributed by atoms with van der Waals surface area (Å²) < 4.78 is 0. The van der Waals surface area contributed by atoms with Crippen LogP contribution in [0.3, 0.4) is 0 Å². The lowest BCUT2D eigenvalue weighted by atomic mass is 9.95. The number of amides is 1. The molecule has 0 saturated heterocycles. The van der Waals surface area contributed by atoms with Gasteiger partial charge in [-0.2, -0.15) is 0 Å². The van der Waals surface area contributed by atoms with Gasteiger partial charge in [-0.05, 0) is 26.7 Å². The van der Waals surface area contributed by atoms with Gasteiger partial charge in [0.2, 0.25) is 0 Å². The van der Waals surface area contributed by atoms with Gasteiger partial charge < -0.3 is 10.3 Å². The fourth-order valence-corrected chi connectivity index (χ4v) is 2.05. The Morgan fingerprint density at radius 2 is 2.22 bits per heavy atom. The van der Waals surface area contributed by atoms with Crippen molar-refractivity contribution in [1.82, 2.24) is 10.3 Å². The zero-order valence-electron chi connectivity index (χ0n) is 11.0. The van der Waals surface area contributed by atoms with Crippen LogP contribution in [0.15, 0.2) is 17.1 Å². The van der Waals surface area contributed by atoms with Crippen LogP contribution in [0.2, 0.25) is 0 Å². The highest BCUT2D eigenvalue weighted by molar-refractivity contribution is 6.17. The maximum atomic E-state index is 12.1. The highest BCUT2D eigenvalue weighted by atomic mass is 35.5. The molecule has 0 fully saturated rings. The van der Waals surface area contributed by atoms with Gasteiger partial charge in [0.15, 0.2) is 5.43 Å². The van der Waals surface area contributed by atoms with Crippen molar-refractivity contribution in [3.8, 4) is 0 Å². The van der Waals surface area contributed by atoms with E-state index in [9.17, 15) is 9.59 Å². The molecule has 0 aliphatic carbocycles. The van der Waals surface area contributed by atoms with Crippen LogP contribution in [0.1, 0.15) is 42.7 Å². The monoisotopic (exact) mass is 270 g/mol. The Morgan fingerprint density at radius 3 is 2.72 bits per heavy atom. The van der Waals surface area contributed by atoms with Crippen molar-refractivity contribution in [2.45, 2.75) is 39.2 Å². The van der Waals surface area contributed by atoms with Crippen molar-refractivity contribution >= 4 is 17.5 Å². The van der Waals surface area contributed by atoms with E-state index in [0.717, 1.165) is 12.1 Å². The molecule has 1 amide bonds. The van der Waals surface area contributed by atoms with Crippen molar-refractivity contribution in [2.75, 3.05) is 5.88 Å². The Labute approximate surface area is 112 Å². The van der Waals surface area contributed by atoms with E-state index in [1.807, 2.05) is 13.8 Å². The van der Waals surface area contributed by atoms with E-state index < -0.39 is 0 Å². The number of H-pyrrole nitrogens is 1. The van der Waals surface area contributed by atoms with Crippen molar-refractivity contribution in [1.29, 1.82) is 0 Å². The lowest BCUT2D eigenvalue weighted by Crippen LogP contribution is -2.47. The molecule has 1 aromatic rings. The summed E-state index contributed by atoms with van der Waals surface area (Å²) >= 11 is 5.73. The van der Waals surface area contributed by atoms with E-state index in [1.54, 1.807) is 6.92 Å². The number of pyridine rings is 1. The number of hydrogen-bond donors (Lipinski definition) is 2. The number of carbonyl (C=O) groups excluding carboxylic acids is 1.